The average molecular weight is 275 g/mol. The van der Waals surface area contributed by atoms with Crippen molar-refractivity contribution in [1.82, 2.24) is 5.32 Å². The zero-order chi connectivity index (χ0) is 14.2. The average Bonchev–Trinajstić information content (AvgIpc) is 2.92. The molecule has 2 rings (SSSR count). The van der Waals surface area contributed by atoms with Gasteiger partial charge in [-0.3, -0.25) is 0 Å². The third-order valence-corrected chi connectivity index (χ3v) is 2.81. The lowest BCUT2D eigenvalue weighted by atomic mass is 10.3. The highest BCUT2D eigenvalue weighted by Crippen LogP contribution is 2.27. The van der Waals surface area contributed by atoms with Crippen molar-refractivity contribution in [1.29, 1.82) is 0 Å². The summed E-state index contributed by atoms with van der Waals surface area (Å²) in [6.07, 6.45) is 1.76. The molecule has 0 radical (unpaired) electrons. The van der Waals surface area contributed by atoms with E-state index >= 15 is 0 Å². The minimum Gasteiger partial charge on any atom is -0.490 e. The smallest absolute Gasteiger partial charge is 0.161 e. The molecule has 1 aromatic carbocycles. The van der Waals surface area contributed by atoms with Crippen LogP contribution in [0.5, 0.6) is 11.5 Å². The first-order valence-corrected chi connectivity index (χ1v) is 6.95. The Hall–Kier alpha value is -1.94. The van der Waals surface area contributed by atoms with E-state index in [0.717, 1.165) is 35.9 Å². The third kappa shape index (κ3) is 4.03. The van der Waals surface area contributed by atoms with Crippen molar-refractivity contribution < 1.29 is 13.9 Å². The van der Waals surface area contributed by atoms with E-state index < -0.39 is 0 Å². The molecule has 2 aromatic rings. The van der Waals surface area contributed by atoms with Crippen LogP contribution in [0.15, 0.2) is 41.0 Å². The summed E-state index contributed by atoms with van der Waals surface area (Å²) < 4.78 is 16.7. The Morgan fingerprint density at radius 2 is 1.85 bits per heavy atom. The monoisotopic (exact) mass is 275 g/mol. The first-order chi connectivity index (χ1) is 9.83. The maximum Gasteiger partial charge on any atom is 0.161 e. The van der Waals surface area contributed by atoms with Crippen molar-refractivity contribution in [2.75, 3.05) is 13.2 Å². The van der Waals surface area contributed by atoms with Crippen molar-refractivity contribution in [3.05, 3.63) is 47.9 Å². The number of furan rings is 1. The fraction of sp³-hybridized carbons (Fsp3) is 0.375. The summed E-state index contributed by atoms with van der Waals surface area (Å²) in [5.41, 5.74) is 1.13. The fourth-order valence-corrected chi connectivity index (χ4v) is 1.86. The molecule has 4 heteroatoms. The van der Waals surface area contributed by atoms with E-state index in [2.05, 4.69) is 12.2 Å². The van der Waals surface area contributed by atoms with Gasteiger partial charge in [0, 0.05) is 12.1 Å². The van der Waals surface area contributed by atoms with Gasteiger partial charge in [-0.1, -0.05) is 19.1 Å². The molecular formula is C16H21NO3. The van der Waals surface area contributed by atoms with Crippen LogP contribution < -0.4 is 14.8 Å². The normalized spacial score (nSPS) is 10.5. The quantitative estimate of drug-likeness (QED) is 0.802. The van der Waals surface area contributed by atoms with E-state index in [1.165, 1.54) is 0 Å². The van der Waals surface area contributed by atoms with Crippen LogP contribution in [0.4, 0.5) is 0 Å². The van der Waals surface area contributed by atoms with Gasteiger partial charge in [0.05, 0.1) is 12.9 Å². The fourth-order valence-electron chi connectivity index (χ4n) is 1.86. The molecule has 1 aromatic heterocycles. The Morgan fingerprint density at radius 1 is 1.10 bits per heavy atom. The molecular weight excluding hydrogens is 254 g/mol. The summed E-state index contributed by atoms with van der Waals surface area (Å²) in [7, 11) is 0. The van der Waals surface area contributed by atoms with Crippen LogP contribution in [0.2, 0.25) is 0 Å². The summed E-state index contributed by atoms with van der Waals surface area (Å²) >= 11 is 0. The molecule has 0 spiro atoms. The topological polar surface area (TPSA) is 43.6 Å². The van der Waals surface area contributed by atoms with Crippen molar-refractivity contribution >= 4 is 0 Å². The van der Waals surface area contributed by atoms with Crippen LogP contribution in [0, 0.1) is 0 Å². The van der Waals surface area contributed by atoms with Crippen LogP contribution >= 0.6 is 0 Å². The van der Waals surface area contributed by atoms with E-state index in [1.807, 2.05) is 37.3 Å². The summed E-state index contributed by atoms with van der Waals surface area (Å²) in [5.74, 6) is 2.30. The molecule has 0 bridgehead atoms. The van der Waals surface area contributed by atoms with Gasteiger partial charge in [0.2, 0.25) is 0 Å². The molecule has 0 saturated carbocycles. The van der Waals surface area contributed by atoms with Gasteiger partial charge in [-0.2, -0.15) is 0 Å². The number of ether oxygens (including phenoxy) is 2. The van der Waals surface area contributed by atoms with Crippen LogP contribution in [0.3, 0.4) is 0 Å². The molecule has 0 aliphatic rings. The Balaban J connectivity index is 1.93. The second kappa shape index (κ2) is 7.60. The van der Waals surface area contributed by atoms with Crippen LogP contribution in [-0.4, -0.2) is 13.2 Å². The van der Waals surface area contributed by atoms with Crippen LogP contribution in [0.1, 0.15) is 25.2 Å². The molecule has 1 N–H and O–H groups in total. The third-order valence-electron chi connectivity index (χ3n) is 2.81. The summed E-state index contributed by atoms with van der Waals surface area (Å²) in [6, 6.07) is 9.66. The SMILES string of the molecule is CCNCc1coc(COc2ccccc2OCC)c1. The standard InChI is InChI=1S/C16H21NO3/c1-3-17-10-13-9-14(19-11-13)12-20-16-8-6-5-7-15(16)18-4-2/h5-9,11,17H,3-4,10,12H2,1-2H3. The lowest BCUT2D eigenvalue weighted by Crippen LogP contribution is -2.10. The molecule has 20 heavy (non-hydrogen) atoms. The number of rotatable bonds is 8. The summed E-state index contributed by atoms with van der Waals surface area (Å²) in [6.45, 7) is 6.81. The van der Waals surface area contributed by atoms with Gasteiger partial charge in [-0.05, 0) is 31.7 Å². The van der Waals surface area contributed by atoms with E-state index in [1.54, 1.807) is 6.26 Å². The predicted octanol–water partition coefficient (Wildman–Crippen LogP) is 3.37. The molecule has 0 fully saturated rings. The van der Waals surface area contributed by atoms with Gasteiger partial charge < -0.3 is 19.2 Å². The first-order valence-electron chi connectivity index (χ1n) is 6.95. The van der Waals surface area contributed by atoms with E-state index in [0.29, 0.717) is 13.2 Å². The Morgan fingerprint density at radius 3 is 2.55 bits per heavy atom. The van der Waals surface area contributed by atoms with Crippen molar-refractivity contribution in [3.8, 4) is 11.5 Å². The van der Waals surface area contributed by atoms with Crippen molar-refractivity contribution in [3.63, 3.8) is 0 Å². The Bertz CT molecular complexity index is 522. The molecule has 0 saturated heterocycles. The van der Waals surface area contributed by atoms with Gasteiger partial charge in [-0.15, -0.1) is 0 Å². The van der Waals surface area contributed by atoms with E-state index in [4.69, 9.17) is 13.9 Å². The van der Waals surface area contributed by atoms with Gasteiger partial charge in [0.15, 0.2) is 11.5 Å². The molecule has 0 aliphatic heterocycles. The summed E-state index contributed by atoms with van der Waals surface area (Å²) in [4.78, 5) is 0. The Labute approximate surface area is 119 Å². The molecule has 108 valence electrons. The van der Waals surface area contributed by atoms with Gasteiger partial charge >= 0.3 is 0 Å². The minimum atomic E-state index is 0.399. The number of benzene rings is 1. The zero-order valence-corrected chi connectivity index (χ0v) is 12.0. The van der Waals surface area contributed by atoms with Crippen molar-refractivity contribution in [2.45, 2.75) is 27.0 Å². The number of nitrogens with one attached hydrogen (secondary N) is 1. The second-order valence-electron chi connectivity index (χ2n) is 4.37. The van der Waals surface area contributed by atoms with E-state index in [-0.39, 0.29) is 0 Å². The molecule has 0 amide bonds. The number of hydrogen-bond donors (Lipinski definition) is 1. The van der Waals surface area contributed by atoms with Crippen LogP contribution in [0.25, 0.3) is 0 Å². The highest BCUT2D eigenvalue weighted by atomic mass is 16.5. The Kier molecular flexibility index (Phi) is 5.50. The zero-order valence-electron chi connectivity index (χ0n) is 12.0. The maximum atomic E-state index is 5.75. The predicted molar refractivity (Wildman–Crippen MR) is 78.0 cm³/mol. The van der Waals surface area contributed by atoms with Gasteiger partial charge in [-0.25, -0.2) is 0 Å². The maximum absolute atomic E-state index is 5.75. The lowest BCUT2D eigenvalue weighted by Gasteiger charge is -2.10. The largest absolute Gasteiger partial charge is 0.490 e. The molecule has 0 aliphatic carbocycles. The first kappa shape index (κ1) is 14.5. The lowest BCUT2D eigenvalue weighted by molar-refractivity contribution is 0.247. The minimum absolute atomic E-state index is 0.399. The number of hydrogen-bond acceptors (Lipinski definition) is 4. The molecule has 1 heterocycles. The molecule has 0 unspecified atom stereocenters. The van der Waals surface area contributed by atoms with Gasteiger partial charge in [0.25, 0.3) is 0 Å². The number of para-hydroxylation sites is 2. The highest BCUT2D eigenvalue weighted by molar-refractivity contribution is 5.39. The molecule has 4 nitrogen and oxygen atoms in total. The van der Waals surface area contributed by atoms with Gasteiger partial charge in [0.1, 0.15) is 12.4 Å². The van der Waals surface area contributed by atoms with E-state index in [9.17, 15) is 0 Å². The highest BCUT2D eigenvalue weighted by Gasteiger charge is 2.06. The van der Waals surface area contributed by atoms with Crippen molar-refractivity contribution in [2.24, 2.45) is 0 Å². The second-order valence-corrected chi connectivity index (χ2v) is 4.37. The molecule has 0 atom stereocenters. The van der Waals surface area contributed by atoms with Crippen LogP contribution in [-0.2, 0) is 13.2 Å². The summed E-state index contributed by atoms with van der Waals surface area (Å²) in [5, 5.41) is 3.26.